The molecule has 1 heterocycles. The molecule has 21 heavy (non-hydrogen) atoms. The van der Waals surface area contributed by atoms with E-state index < -0.39 is 17.9 Å². The maximum Gasteiger partial charge on any atom is 0.326 e. The predicted molar refractivity (Wildman–Crippen MR) is 72.0 cm³/mol. The molecule has 2 rings (SSSR count). The van der Waals surface area contributed by atoms with Gasteiger partial charge in [0.05, 0.1) is 11.9 Å². The lowest BCUT2D eigenvalue weighted by Gasteiger charge is -2.11. The number of aliphatic hydroxyl groups is 1. The number of hydrogen-bond donors (Lipinski definition) is 3. The highest BCUT2D eigenvalue weighted by molar-refractivity contribution is 5.94. The molecule has 1 aromatic carbocycles. The summed E-state index contributed by atoms with van der Waals surface area (Å²) in [6.07, 6.45) is 1.17. The number of carboxylic acid groups (broad SMARTS) is 1. The summed E-state index contributed by atoms with van der Waals surface area (Å²) in [7, 11) is 0. The molecule has 1 aromatic heterocycles. The van der Waals surface area contributed by atoms with Crippen molar-refractivity contribution < 1.29 is 19.8 Å². The van der Waals surface area contributed by atoms with Crippen LogP contribution < -0.4 is 5.32 Å². The van der Waals surface area contributed by atoms with Gasteiger partial charge in [0.25, 0.3) is 5.91 Å². The van der Waals surface area contributed by atoms with Crippen molar-refractivity contribution >= 4 is 11.9 Å². The van der Waals surface area contributed by atoms with E-state index in [2.05, 4.69) is 15.5 Å². The number of benzene rings is 1. The summed E-state index contributed by atoms with van der Waals surface area (Å²) < 4.78 is 0. The third-order valence-corrected chi connectivity index (χ3v) is 2.73. The number of aromatic nitrogens is 3. The number of carboxylic acids is 1. The SMILES string of the molecule is O=C(NC(CCO)C(=O)O)c1cnn(-c2ccccc2)n1. The number of carbonyl (C=O) groups excluding carboxylic acids is 1. The molecular formula is C13H14N4O4. The van der Waals surface area contributed by atoms with E-state index in [4.69, 9.17) is 10.2 Å². The summed E-state index contributed by atoms with van der Waals surface area (Å²) in [6.45, 7) is -0.339. The van der Waals surface area contributed by atoms with E-state index in [1.807, 2.05) is 6.07 Å². The highest BCUT2D eigenvalue weighted by Crippen LogP contribution is 2.04. The predicted octanol–water partition coefficient (Wildman–Crippen LogP) is -0.167. The number of aliphatic carboxylic acids is 1. The summed E-state index contributed by atoms with van der Waals surface area (Å²) in [5.74, 6) is -1.87. The Morgan fingerprint density at radius 1 is 1.29 bits per heavy atom. The summed E-state index contributed by atoms with van der Waals surface area (Å²) in [5.41, 5.74) is 0.685. The minimum absolute atomic E-state index is 0.00282. The number of nitrogens with one attached hydrogen (secondary N) is 1. The van der Waals surface area contributed by atoms with Gasteiger partial charge < -0.3 is 15.5 Å². The minimum Gasteiger partial charge on any atom is -0.480 e. The first-order chi connectivity index (χ1) is 10.1. The van der Waals surface area contributed by atoms with E-state index in [9.17, 15) is 9.59 Å². The molecule has 0 radical (unpaired) electrons. The maximum absolute atomic E-state index is 11.9. The monoisotopic (exact) mass is 290 g/mol. The number of para-hydroxylation sites is 1. The van der Waals surface area contributed by atoms with Gasteiger partial charge in [-0.3, -0.25) is 4.79 Å². The first kappa shape index (κ1) is 14.7. The minimum atomic E-state index is -1.21. The molecule has 0 spiro atoms. The van der Waals surface area contributed by atoms with E-state index in [0.717, 1.165) is 0 Å². The Balaban J connectivity index is 2.10. The molecule has 0 fully saturated rings. The lowest BCUT2D eigenvalue weighted by Crippen LogP contribution is -2.41. The van der Waals surface area contributed by atoms with Gasteiger partial charge in [-0.1, -0.05) is 18.2 Å². The number of nitrogens with zero attached hydrogens (tertiary/aromatic N) is 3. The Bertz CT molecular complexity index is 626. The van der Waals surface area contributed by atoms with Gasteiger partial charge in [-0.15, -0.1) is 5.10 Å². The standard InChI is InChI=1S/C13H14N4O4/c18-7-6-10(13(20)21)15-12(19)11-8-14-17(16-11)9-4-2-1-3-5-9/h1-5,8,10,18H,6-7H2,(H,15,19)(H,20,21). The fourth-order valence-corrected chi connectivity index (χ4v) is 1.67. The molecule has 1 atom stereocenters. The van der Waals surface area contributed by atoms with Crippen LogP contribution in [0.15, 0.2) is 36.5 Å². The van der Waals surface area contributed by atoms with E-state index in [1.165, 1.54) is 11.0 Å². The normalized spacial score (nSPS) is 11.9. The Labute approximate surface area is 120 Å². The molecule has 0 saturated heterocycles. The van der Waals surface area contributed by atoms with Crippen LogP contribution in [-0.2, 0) is 4.79 Å². The van der Waals surface area contributed by atoms with Gasteiger partial charge in [0, 0.05) is 13.0 Å². The Kier molecular flexibility index (Phi) is 4.62. The molecule has 0 saturated carbocycles. The van der Waals surface area contributed by atoms with Gasteiger partial charge in [0.2, 0.25) is 0 Å². The zero-order chi connectivity index (χ0) is 15.2. The molecule has 110 valence electrons. The molecule has 2 aromatic rings. The molecule has 3 N–H and O–H groups in total. The number of aliphatic hydroxyl groups excluding tert-OH is 1. The van der Waals surface area contributed by atoms with Gasteiger partial charge in [-0.25, -0.2) is 4.79 Å². The van der Waals surface area contributed by atoms with E-state index in [0.29, 0.717) is 5.69 Å². The van der Waals surface area contributed by atoms with Crippen molar-refractivity contribution in [2.75, 3.05) is 6.61 Å². The fraction of sp³-hybridized carbons (Fsp3) is 0.231. The molecule has 8 nitrogen and oxygen atoms in total. The van der Waals surface area contributed by atoms with Crippen molar-refractivity contribution in [3.63, 3.8) is 0 Å². The third-order valence-electron chi connectivity index (χ3n) is 2.73. The Morgan fingerprint density at radius 2 is 2.00 bits per heavy atom. The summed E-state index contributed by atoms with van der Waals surface area (Å²) >= 11 is 0. The van der Waals surface area contributed by atoms with Gasteiger partial charge >= 0.3 is 5.97 Å². The van der Waals surface area contributed by atoms with Crippen LogP contribution in [0, 0.1) is 0 Å². The number of rotatable bonds is 6. The lowest BCUT2D eigenvalue weighted by atomic mass is 10.2. The first-order valence-electron chi connectivity index (χ1n) is 6.24. The van der Waals surface area contributed by atoms with Crippen LogP contribution in [0.2, 0.25) is 0 Å². The lowest BCUT2D eigenvalue weighted by molar-refractivity contribution is -0.139. The van der Waals surface area contributed by atoms with Crippen LogP contribution in [0.3, 0.4) is 0 Å². The zero-order valence-corrected chi connectivity index (χ0v) is 11.0. The van der Waals surface area contributed by atoms with Crippen LogP contribution in [0.4, 0.5) is 0 Å². The van der Waals surface area contributed by atoms with Crippen molar-refractivity contribution in [1.82, 2.24) is 20.3 Å². The summed E-state index contributed by atoms with van der Waals surface area (Å²) in [6, 6.07) is 7.83. The number of hydrogen-bond acceptors (Lipinski definition) is 5. The van der Waals surface area contributed by atoms with Gasteiger partial charge in [-0.05, 0) is 12.1 Å². The smallest absolute Gasteiger partial charge is 0.326 e. The molecule has 0 aliphatic rings. The van der Waals surface area contributed by atoms with E-state index in [1.54, 1.807) is 24.3 Å². The number of amides is 1. The zero-order valence-electron chi connectivity index (χ0n) is 11.0. The topological polar surface area (TPSA) is 117 Å². The second kappa shape index (κ2) is 6.62. The molecule has 1 amide bonds. The van der Waals surface area contributed by atoms with Crippen molar-refractivity contribution in [1.29, 1.82) is 0 Å². The fourth-order valence-electron chi connectivity index (χ4n) is 1.67. The molecule has 0 aliphatic heterocycles. The first-order valence-corrected chi connectivity index (χ1v) is 6.24. The van der Waals surface area contributed by atoms with Crippen molar-refractivity contribution in [2.24, 2.45) is 0 Å². The Morgan fingerprint density at radius 3 is 2.62 bits per heavy atom. The summed E-state index contributed by atoms with van der Waals surface area (Å²) in [5, 5.41) is 27.9. The molecule has 0 aliphatic carbocycles. The second-order valence-electron chi connectivity index (χ2n) is 4.23. The highest BCUT2D eigenvalue weighted by atomic mass is 16.4. The van der Waals surface area contributed by atoms with Crippen molar-refractivity contribution in [2.45, 2.75) is 12.5 Å². The number of carbonyl (C=O) groups is 2. The van der Waals surface area contributed by atoms with Crippen LogP contribution >= 0.6 is 0 Å². The average Bonchev–Trinajstić information content (AvgIpc) is 2.97. The van der Waals surface area contributed by atoms with Crippen LogP contribution in [0.5, 0.6) is 0 Å². The third kappa shape index (κ3) is 3.63. The van der Waals surface area contributed by atoms with Gasteiger partial charge in [-0.2, -0.15) is 9.90 Å². The largest absolute Gasteiger partial charge is 0.480 e. The van der Waals surface area contributed by atoms with E-state index in [-0.39, 0.29) is 18.7 Å². The van der Waals surface area contributed by atoms with E-state index >= 15 is 0 Å². The highest BCUT2D eigenvalue weighted by Gasteiger charge is 2.21. The van der Waals surface area contributed by atoms with Crippen molar-refractivity contribution in [3.05, 3.63) is 42.2 Å². The van der Waals surface area contributed by atoms with Gasteiger partial charge in [0.1, 0.15) is 6.04 Å². The maximum atomic E-state index is 11.9. The average molecular weight is 290 g/mol. The van der Waals surface area contributed by atoms with Crippen molar-refractivity contribution in [3.8, 4) is 5.69 Å². The quantitative estimate of drug-likeness (QED) is 0.680. The molecule has 0 bridgehead atoms. The van der Waals surface area contributed by atoms with Crippen LogP contribution in [0.25, 0.3) is 5.69 Å². The molecule has 8 heteroatoms. The van der Waals surface area contributed by atoms with Gasteiger partial charge in [0.15, 0.2) is 5.69 Å². The second-order valence-corrected chi connectivity index (χ2v) is 4.23. The summed E-state index contributed by atoms with van der Waals surface area (Å²) in [4.78, 5) is 24.1. The van der Waals surface area contributed by atoms with Crippen LogP contribution in [0.1, 0.15) is 16.9 Å². The molecular weight excluding hydrogens is 276 g/mol. The van der Waals surface area contributed by atoms with Crippen LogP contribution in [-0.4, -0.2) is 49.7 Å². The molecule has 1 unspecified atom stereocenters. The Hall–Kier alpha value is -2.74.